The summed E-state index contributed by atoms with van der Waals surface area (Å²) in [5, 5.41) is 13.4. The molecule has 0 atom stereocenters. The molecule has 0 bridgehead atoms. The Morgan fingerprint density at radius 3 is 2.58 bits per heavy atom. The number of nitrogens with zero attached hydrogens (tertiary/aromatic N) is 3. The third kappa shape index (κ3) is 3.47. The second-order valence-electron chi connectivity index (χ2n) is 5.00. The van der Waals surface area contributed by atoms with Gasteiger partial charge in [-0.1, -0.05) is 0 Å². The third-order valence-corrected chi connectivity index (χ3v) is 3.59. The molecule has 2 aromatic carbocycles. The average Bonchev–Trinajstić information content (AvgIpc) is 2.59. The van der Waals surface area contributed by atoms with Crippen LogP contribution in [0.15, 0.2) is 48.7 Å². The second kappa shape index (κ2) is 6.59. The molecule has 0 amide bonds. The van der Waals surface area contributed by atoms with Crippen LogP contribution in [-0.4, -0.2) is 20.1 Å². The molecular weight excluding hydrogens is 332 g/mol. The Bertz CT molecular complexity index is 928. The normalized spacial score (nSPS) is 10.5. The van der Waals surface area contributed by atoms with Crippen LogP contribution in [0, 0.1) is 10.1 Å². The van der Waals surface area contributed by atoms with Crippen molar-refractivity contribution in [3.8, 4) is 0 Å². The van der Waals surface area contributed by atoms with Crippen LogP contribution in [0.1, 0.15) is 16.1 Å². The second-order valence-corrected chi connectivity index (χ2v) is 5.34. The molecule has 0 aliphatic heterocycles. The van der Waals surface area contributed by atoms with Gasteiger partial charge in [-0.3, -0.25) is 19.9 Å². The number of carbonyl (C=O) groups excluding carboxylic acids is 1. The van der Waals surface area contributed by atoms with E-state index in [0.29, 0.717) is 28.8 Å². The standard InChI is InChI=1S/C16H11ClN4O3/c17-16(22)10-1-3-11(4-2-10)18-8-12-9-19-15-7-13(21(23)24)5-6-14(15)20-12/h1-7,9,18H,8H2. The molecule has 3 aromatic rings. The number of fused-ring (bicyclic) bond motifs is 1. The molecule has 0 fully saturated rings. The fourth-order valence-electron chi connectivity index (χ4n) is 2.15. The van der Waals surface area contributed by atoms with E-state index in [1.165, 1.54) is 12.1 Å². The summed E-state index contributed by atoms with van der Waals surface area (Å²) in [5.74, 6) is 0. The molecule has 0 saturated carbocycles. The maximum Gasteiger partial charge on any atom is 0.271 e. The van der Waals surface area contributed by atoms with Crippen molar-refractivity contribution in [2.24, 2.45) is 0 Å². The van der Waals surface area contributed by atoms with Gasteiger partial charge < -0.3 is 5.32 Å². The minimum atomic E-state index is -0.504. The molecule has 0 radical (unpaired) electrons. The maximum absolute atomic E-state index is 11.0. The van der Waals surface area contributed by atoms with Crippen LogP contribution in [-0.2, 0) is 6.54 Å². The monoisotopic (exact) mass is 342 g/mol. The molecule has 1 aromatic heterocycles. The van der Waals surface area contributed by atoms with E-state index in [9.17, 15) is 14.9 Å². The molecule has 1 N–H and O–H groups in total. The predicted octanol–water partition coefficient (Wildman–Crippen LogP) is 3.53. The van der Waals surface area contributed by atoms with E-state index in [1.54, 1.807) is 36.5 Å². The highest BCUT2D eigenvalue weighted by Crippen LogP contribution is 2.18. The lowest BCUT2D eigenvalue weighted by Crippen LogP contribution is -2.03. The molecule has 0 aliphatic carbocycles. The summed E-state index contributed by atoms with van der Waals surface area (Å²) >= 11 is 5.39. The molecule has 8 heteroatoms. The smallest absolute Gasteiger partial charge is 0.271 e. The lowest BCUT2D eigenvalue weighted by atomic mass is 10.2. The number of benzene rings is 2. The first-order valence-electron chi connectivity index (χ1n) is 6.97. The zero-order valence-corrected chi connectivity index (χ0v) is 13.0. The quantitative estimate of drug-likeness (QED) is 0.432. The summed E-state index contributed by atoms with van der Waals surface area (Å²) in [7, 11) is 0. The number of non-ortho nitro benzene ring substituents is 1. The van der Waals surface area contributed by atoms with E-state index in [1.807, 2.05) is 0 Å². The summed E-state index contributed by atoms with van der Waals surface area (Å²) in [6.07, 6.45) is 1.57. The van der Waals surface area contributed by atoms with Crippen molar-refractivity contribution in [1.82, 2.24) is 9.97 Å². The molecule has 3 rings (SSSR count). The van der Waals surface area contributed by atoms with Crippen LogP contribution in [0.25, 0.3) is 11.0 Å². The van der Waals surface area contributed by atoms with Gasteiger partial charge in [0.25, 0.3) is 10.9 Å². The number of nitro groups is 1. The minimum Gasteiger partial charge on any atom is -0.379 e. The Hall–Kier alpha value is -3.06. The van der Waals surface area contributed by atoms with E-state index in [0.717, 1.165) is 5.69 Å². The number of anilines is 1. The van der Waals surface area contributed by atoms with Crippen LogP contribution in [0.3, 0.4) is 0 Å². The van der Waals surface area contributed by atoms with Gasteiger partial charge in [0.2, 0.25) is 0 Å². The molecule has 1 heterocycles. The van der Waals surface area contributed by atoms with Crippen LogP contribution in [0.4, 0.5) is 11.4 Å². The Morgan fingerprint density at radius 1 is 1.17 bits per heavy atom. The van der Waals surface area contributed by atoms with Crippen molar-refractivity contribution in [2.75, 3.05) is 5.32 Å². The zero-order chi connectivity index (χ0) is 17.1. The van der Waals surface area contributed by atoms with Crippen LogP contribution < -0.4 is 5.32 Å². The Kier molecular flexibility index (Phi) is 4.35. The predicted molar refractivity (Wildman–Crippen MR) is 90.1 cm³/mol. The third-order valence-electron chi connectivity index (χ3n) is 3.37. The summed E-state index contributed by atoms with van der Waals surface area (Å²) in [4.78, 5) is 29.9. The summed E-state index contributed by atoms with van der Waals surface area (Å²) in [6.45, 7) is 0.425. The molecule has 0 aliphatic rings. The largest absolute Gasteiger partial charge is 0.379 e. The number of halogens is 1. The molecule has 0 saturated heterocycles. The Labute approximate surface area is 141 Å². The van der Waals surface area contributed by atoms with Crippen molar-refractivity contribution >= 4 is 39.3 Å². The van der Waals surface area contributed by atoms with Crippen molar-refractivity contribution in [1.29, 1.82) is 0 Å². The summed E-state index contributed by atoms with van der Waals surface area (Å²) < 4.78 is 0. The molecule has 7 nitrogen and oxygen atoms in total. The number of hydrogen-bond donors (Lipinski definition) is 1. The minimum absolute atomic E-state index is 0.0170. The fourth-order valence-corrected chi connectivity index (χ4v) is 2.27. The number of aromatic nitrogens is 2. The first kappa shape index (κ1) is 15.8. The van der Waals surface area contributed by atoms with Gasteiger partial charge >= 0.3 is 0 Å². The van der Waals surface area contributed by atoms with Crippen molar-refractivity contribution < 1.29 is 9.72 Å². The summed E-state index contributed by atoms with van der Waals surface area (Å²) in [6, 6.07) is 11.1. The molecule has 120 valence electrons. The Balaban J connectivity index is 1.74. The van der Waals surface area contributed by atoms with Gasteiger partial charge in [-0.25, -0.2) is 4.98 Å². The number of nitrogens with one attached hydrogen (secondary N) is 1. The zero-order valence-electron chi connectivity index (χ0n) is 12.3. The maximum atomic E-state index is 11.0. The number of rotatable bonds is 5. The number of nitro benzene ring substituents is 1. The molecule has 0 spiro atoms. The molecule has 0 unspecified atom stereocenters. The van der Waals surface area contributed by atoms with Gasteiger partial charge in [0.1, 0.15) is 0 Å². The van der Waals surface area contributed by atoms with Crippen molar-refractivity contribution in [3.63, 3.8) is 0 Å². The van der Waals surface area contributed by atoms with Gasteiger partial charge in [-0.2, -0.15) is 0 Å². The highest BCUT2D eigenvalue weighted by molar-refractivity contribution is 6.67. The average molecular weight is 343 g/mol. The van der Waals surface area contributed by atoms with E-state index < -0.39 is 10.2 Å². The van der Waals surface area contributed by atoms with Crippen molar-refractivity contribution in [2.45, 2.75) is 6.54 Å². The first-order valence-corrected chi connectivity index (χ1v) is 7.34. The van der Waals surface area contributed by atoms with Gasteiger partial charge in [0.15, 0.2) is 0 Å². The topological polar surface area (TPSA) is 98.0 Å². The fraction of sp³-hybridized carbons (Fsp3) is 0.0625. The van der Waals surface area contributed by atoms with Gasteiger partial charge in [-0.05, 0) is 41.9 Å². The molecule has 24 heavy (non-hydrogen) atoms. The first-order chi connectivity index (χ1) is 11.5. The SMILES string of the molecule is O=C(Cl)c1ccc(NCc2cnc3cc([N+](=O)[O-])ccc3n2)cc1. The van der Waals surface area contributed by atoms with Gasteiger partial charge in [-0.15, -0.1) is 0 Å². The van der Waals surface area contributed by atoms with Gasteiger partial charge in [0.05, 0.1) is 34.4 Å². The summed E-state index contributed by atoms with van der Waals surface area (Å²) in [5.41, 5.74) is 2.96. The number of hydrogen-bond acceptors (Lipinski definition) is 6. The van der Waals surface area contributed by atoms with E-state index in [2.05, 4.69) is 15.3 Å². The molecular formula is C16H11ClN4O3. The number of carbonyl (C=O) groups is 1. The highest BCUT2D eigenvalue weighted by atomic mass is 35.5. The van der Waals surface area contributed by atoms with Crippen LogP contribution >= 0.6 is 11.6 Å². The Morgan fingerprint density at radius 2 is 1.92 bits per heavy atom. The van der Waals surface area contributed by atoms with E-state index >= 15 is 0 Å². The van der Waals surface area contributed by atoms with E-state index in [4.69, 9.17) is 11.6 Å². The van der Waals surface area contributed by atoms with Crippen molar-refractivity contribution in [3.05, 3.63) is 70.0 Å². The lowest BCUT2D eigenvalue weighted by Gasteiger charge is -2.07. The van der Waals surface area contributed by atoms with Crippen LogP contribution in [0.5, 0.6) is 0 Å². The highest BCUT2D eigenvalue weighted by Gasteiger charge is 2.08. The van der Waals surface area contributed by atoms with E-state index in [-0.39, 0.29) is 5.69 Å². The lowest BCUT2D eigenvalue weighted by molar-refractivity contribution is -0.384. The van der Waals surface area contributed by atoms with Gasteiger partial charge in [0, 0.05) is 23.4 Å². The van der Waals surface area contributed by atoms with Crippen LogP contribution in [0.2, 0.25) is 0 Å².